The minimum absolute atomic E-state index is 0.379. The molecule has 0 saturated carbocycles. The Morgan fingerprint density at radius 2 is 1.85 bits per heavy atom. The molecule has 0 N–H and O–H groups in total. The van der Waals surface area contributed by atoms with E-state index in [0.717, 1.165) is 23.3 Å². The predicted molar refractivity (Wildman–Crippen MR) is 84.0 cm³/mol. The van der Waals surface area contributed by atoms with Gasteiger partial charge in [0.25, 0.3) is 0 Å². The molecule has 0 radical (unpaired) electrons. The molecular formula is C17H21N3. The van der Waals surface area contributed by atoms with E-state index in [-0.39, 0.29) is 0 Å². The van der Waals surface area contributed by atoms with E-state index in [0.29, 0.717) is 11.8 Å². The molecule has 20 heavy (non-hydrogen) atoms. The lowest BCUT2D eigenvalue weighted by Gasteiger charge is -2.12. The van der Waals surface area contributed by atoms with Gasteiger partial charge in [-0.3, -0.25) is 4.98 Å². The van der Waals surface area contributed by atoms with Gasteiger partial charge in [-0.05, 0) is 17.9 Å². The summed E-state index contributed by atoms with van der Waals surface area (Å²) < 4.78 is 2.27. The van der Waals surface area contributed by atoms with Crippen molar-refractivity contribution in [1.29, 1.82) is 0 Å². The predicted octanol–water partition coefficient (Wildman–Crippen LogP) is 4.36. The number of hydrogen-bond donors (Lipinski definition) is 0. The van der Waals surface area contributed by atoms with Crippen molar-refractivity contribution in [1.82, 2.24) is 14.5 Å². The smallest absolute Gasteiger partial charge is 0.111 e. The Bertz CT molecular complexity index is 753. The van der Waals surface area contributed by atoms with Crippen LogP contribution in [0.3, 0.4) is 0 Å². The Hall–Kier alpha value is -1.90. The van der Waals surface area contributed by atoms with Crippen LogP contribution < -0.4 is 0 Å². The van der Waals surface area contributed by atoms with Gasteiger partial charge < -0.3 is 4.57 Å². The number of hydrogen-bond acceptors (Lipinski definition) is 2. The monoisotopic (exact) mass is 267 g/mol. The normalized spacial score (nSPS) is 12.1. The summed E-state index contributed by atoms with van der Waals surface area (Å²) in [5.41, 5.74) is 4.45. The molecule has 3 aromatic rings. The van der Waals surface area contributed by atoms with Gasteiger partial charge in [-0.1, -0.05) is 45.9 Å². The van der Waals surface area contributed by atoms with E-state index in [1.54, 1.807) is 0 Å². The van der Waals surface area contributed by atoms with Gasteiger partial charge >= 0.3 is 0 Å². The maximum absolute atomic E-state index is 4.82. The highest BCUT2D eigenvalue weighted by Gasteiger charge is 2.16. The summed E-state index contributed by atoms with van der Waals surface area (Å²) in [4.78, 5) is 9.46. The molecule has 3 heteroatoms. The molecule has 0 bridgehead atoms. The van der Waals surface area contributed by atoms with Crippen molar-refractivity contribution < 1.29 is 0 Å². The first-order valence-corrected chi connectivity index (χ1v) is 7.31. The molecule has 2 heterocycles. The Labute approximate surface area is 119 Å². The molecule has 0 spiro atoms. The molecule has 0 amide bonds. The van der Waals surface area contributed by atoms with Gasteiger partial charge in [-0.2, -0.15) is 0 Å². The van der Waals surface area contributed by atoms with E-state index in [1.807, 2.05) is 6.33 Å². The molecule has 0 saturated heterocycles. The molecule has 1 aromatic carbocycles. The third kappa shape index (κ3) is 2.07. The van der Waals surface area contributed by atoms with Crippen molar-refractivity contribution in [3.05, 3.63) is 36.3 Å². The van der Waals surface area contributed by atoms with E-state index in [9.17, 15) is 0 Å². The fourth-order valence-electron chi connectivity index (χ4n) is 2.74. The highest BCUT2D eigenvalue weighted by molar-refractivity contribution is 6.03. The van der Waals surface area contributed by atoms with Crippen LogP contribution in [-0.2, 0) is 6.54 Å². The molecular weight excluding hydrogens is 246 g/mol. The molecule has 0 aliphatic heterocycles. The maximum Gasteiger partial charge on any atom is 0.111 e. The van der Waals surface area contributed by atoms with Crippen molar-refractivity contribution >= 4 is 21.9 Å². The van der Waals surface area contributed by atoms with Gasteiger partial charge in [0.2, 0.25) is 0 Å². The number of fused-ring (bicyclic) bond motifs is 3. The second-order valence-corrected chi connectivity index (χ2v) is 6.16. The fourth-order valence-corrected chi connectivity index (χ4v) is 2.74. The lowest BCUT2D eigenvalue weighted by molar-refractivity contribution is 0.533. The van der Waals surface area contributed by atoms with E-state index in [1.165, 1.54) is 10.9 Å². The molecule has 2 aromatic heterocycles. The summed E-state index contributed by atoms with van der Waals surface area (Å²) in [6, 6.07) is 8.36. The number of pyridine rings is 1. The Morgan fingerprint density at radius 1 is 1.10 bits per heavy atom. The zero-order valence-corrected chi connectivity index (χ0v) is 12.6. The SMILES string of the molecule is CC(C)Cn1cnc2c(C(C)C)nc3ccccc3c21. The quantitative estimate of drug-likeness (QED) is 0.705. The van der Waals surface area contributed by atoms with Gasteiger partial charge in [-0.15, -0.1) is 0 Å². The number of rotatable bonds is 3. The first kappa shape index (κ1) is 13.1. The van der Waals surface area contributed by atoms with E-state index < -0.39 is 0 Å². The summed E-state index contributed by atoms with van der Waals surface area (Å²) >= 11 is 0. The van der Waals surface area contributed by atoms with Crippen molar-refractivity contribution in [2.24, 2.45) is 5.92 Å². The molecule has 0 unspecified atom stereocenters. The number of aromatic nitrogens is 3. The third-order valence-corrected chi connectivity index (χ3v) is 3.59. The van der Waals surface area contributed by atoms with Crippen molar-refractivity contribution in [3.63, 3.8) is 0 Å². The van der Waals surface area contributed by atoms with Crippen LogP contribution >= 0.6 is 0 Å². The minimum Gasteiger partial charge on any atom is -0.330 e. The average Bonchev–Trinajstić information content (AvgIpc) is 2.81. The molecule has 0 atom stereocenters. The number of imidazole rings is 1. The molecule has 3 nitrogen and oxygen atoms in total. The second-order valence-electron chi connectivity index (χ2n) is 6.16. The molecule has 0 aliphatic rings. The average molecular weight is 267 g/mol. The Morgan fingerprint density at radius 3 is 2.55 bits per heavy atom. The minimum atomic E-state index is 0.379. The molecule has 0 fully saturated rings. The first-order valence-electron chi connectivity index (χ1n) is 7.31. The van der Waals surface area contributed by atoms with Crippen LogP contribution in [0.1, 0.15) is 39.3 Å². The van der Waals surface area contributed by atoms with Gasteiger partial charge in [0.1, 0.15) is 5.52 Å². The van der Waals surface area contributed by atoms with Crippen LogP contribution in [0, 0.1) is 5.92 Å². The third-order valence-electron chi connectivity index (χ3n) is 3.59. The number of benzene rings is 1. The number of para-hydroxylation sites is 1. The van der Waals surface area contributed by atoms with E-state index in [2.05, 4.69) is 61.5 Å². The van der Waals surface area contributed by atoms with Crippen LogP contribution in [0.15, 0.2) is 30.6 Å². The summed E-state index contributed by atoms with van der Waals surface area (Å²) in [6.07, 6.45) is 1.96. The summed E-state index contributed by atoms with van der Waals surface area (Å²) in [5, 5.41) is 1.20. The van der Waals surface area contributed by atoms with E-state index >= 15 is 0 Å². The van der Waals surface area contributed by atoms with Crippen LogP contribution in [0.4, 0.5) is 0 Å². The molecule has 3 rings (SSSR count). The second kappa shape index (κ2) is 4.89. The summed E-state index contributed by atoms with van der Waals surface area (Å²) in [7, 11) is 0. The number of nitrogens with zero attached hydrogens (tertiary/aromatic N) is 3. The van der Waals surface area contributed by atoms with Gasteiger partial charge in [0.05, 0.1) is 23.1 Å². The summed E-state index contributed by atoms with van der Waals surface area (Å²) in [5.74, 6) is 0.978. The zero-order chi connectivity index (χ0) is 14.3. The van der Waals surface area contributed by atoms with Crippen molar-refractivity contribution in [3.8, 4) is 0 Å². The lowest BCUT2D eigenvalue weighted by atomic mass is 10.1. The van der Waals surface area contributed by atoms with Crippen LogP contribution in [0.25, 0.3) is 21.9 Å². The van der Waals surface area contributed by atoms with Crippen LogP contribution in [-0.4, -0.2) is 14.5 Å². The molecule has 0 aliphatic carbocycles. The Kier molecular flexibility index (Phi) is 3.20. The first-order chi connectivity index (χ1) is 9.58. The van der Waals surface area contributed by atoms with Crippen molar-refractivity contribution in [2.75, 3.05) is 0 Å². The van der Waals surface area contributed by atoms with Crippen molar-refractivity contribution in [2.45, 2.75) is 40.2 Å². The zero-order valence-electron chi connectivity index (χ0n) is 12.6. The highest BCUT2D eigenvalue weighted by atomic mass is 15.1. The summed E-state index contributed by atoms with van der Waals surface area (Å²) in [6.45, 7) is 9.81. The Balaban J connectivity index is 2.39. The maximum atomic E-state index is 4.82. The highest BCUT2D eigenvalue weighted by Crippen LogP contribution is 2.29. The lowest BCUT2D eigenvalue weighted by Crippen LogP contribution is -2.04. The molecule has 104 valence electrons. The standard InChI is InChI=1S/C17H21N3/c1-11(2)9-20-10-18-16-15(12(3)4)19-14-8-6-5-7-13(14)17(16)20/h5-8,10-12H,9H2,1-4H3. The van der Waals surface area contributed by atoms with E-state index in [4.69, 9.17) is 4.98 Å². The fraction of sp³-hybridized carbons (Fsp3) is 0.412. The van der Waals surface area contributed by atoms with Gasteiger partial charge in [-0.25, -0.2) is 4.98 Å². The van der Waals surface area contributed by atoms with Gasteiger partial charge in [0.15, 0.2) is 0 Å². The van der Waals surface area contributed by atoms with Gasteiger partial charge in [0, 0.05) is 11.9 Å². The topological polar surface area (TPSA) is 30.7 Å². The van der Waals surface area contributed by atoms with Crippen LogP contribution in [0.5, 0.6) is 0 Å². The van der Waals surface area contributed by atoms with Crippen LogP contribution in [0.2, 0.25) is 0 Å². The largest absolute Gasteiger partial charge is 0.330 e.